The predicted molar refractivity (Wildman–Crippen MR) is 68.8 cm³/mol. The van der Waals surface area contributed by atoms with Gasteiger partial charge in [0.1, 0.15) is 0 Å². The maximum atomic E-state index is 6.03. The van der Waals surface area contributed by atoms with Gasteiger partial charge >= 0.3 is 0 Å². The third-order valence-corrected chi connectivity index (χ3v) is 5.24. The van der Waals surface area contributed by atoms with E-state index in [0.29, 0.717) is 12.1 Å². The highest BCUT2D eigenvalue weighted by Crippen LogP contribution is 2.37. The minimum Gasteiger partial charge on any atom is -0.328 e. The van der Waals surface area contributed by atoms with Crippen molar-refractivity contribution in [1.82, 2.24) is 4.90 Å². The van der Waals surface area contributed by atoms with E-state index < -0.39 is 0 Å². The van der Waals surface area contributed by atoms with Gasteiger partial charge in [-0.2, -0.15) is 0 Å². The molecule has 0 bridgehead atoms. The third-order valence-electron chi connectivity index (χ3n) is 4.24. The highest BCUT2D eigenvalue weighted by atomic mass is 32.1. The fourth-order valence-electron chi connectivity index (χ4n) is 3.32. The van der Waals surface area contributed by atoms with Crippen LogP contribution in [0.1, 0.15) is 42.7 Å². The Labute approximate surface area is 101 Å². The second-order valence-electron chi connectivity index (χ2n) is 5.19. The summed E-state index contributed by atoms with van der Waals surface area (Å²) < 4.78 is 0. The van der Waals surface area contributed by atoms with E-state index in [1.54, 1.807) is 10.4 Å². The Morgan fingerprint density at radius 2 is 2.31 bits per heavy atom. The van der Waals surface area contributed by atoms with E-state index in [0.717, 1.165) is 6.04 Å². The summed E-state index contributed by atoms with van der Waals surface area (Å²) in [6.07, 6.45) is 4.95. The number of nitrogens with two attached hydrogens (primary N) is 1. The van der Waals surface area contributed by atoms with Gasteiger partial charge in [-0.25, -0.2) is 0 Å². The molecule has 1 aliphatic carbocycles. The number of hydrogen-bond acceptors (Lipinski definition) is 3. The molecule has 2 aliphatic rings. The molecule has 88 valence electrons. The van der Waals surface area contributed by atoms with Crippen LogP contribution < -0.4 is 5.73 Å². The molecule has 0 saturated heterocycles. The molecule has 2 heterocycles. The van der Waals surface area contributed by atoms with Crippen LogP contribution >= 0.6 is 11.3 Å². The van der Waals surface area contributed by atoms with Crippen LogP contribution in [0, 0.1) is 0 Å². The Balaban J connectivity index is 1.79. The van der Waals surface area contributed by atoms with Crippen molar-refractivity contribution in [2.24, 2.45) is 5.73 Å². The summed E-state index contributed by atoms with van der Waals surface area (Å²) in [6.45, 7) is 3.58. The lowest BCUT2D eigenvalue weighted by molar-refractivity contribution is 0.136. The van der Waals surface area contributed by atoms with Crippen LogP contribution in [0.2, 0.25) is 0 Å². The van der Waals surface area contributed by atoms with Crippen LogP contribution in [0.3, 0.4) is 0 Å². The third kappa shape index (κ3) is 1.71. The molecule has 0 spiro atoms. The summed E-state index contributed by atoms with van der Waals surface area (Å²) in [4.78, 5) is 4.29. The van der Waals surface area contributed by atoms with E-state index in [2.05, 4.69) is 23.3 Å². The largest absolute Gasteiger partial charge is 0.328 e. The summed E-state index contributed by atoms with van der Waals surface area (Å²) in [5.41, 5.74) is 7.59. The van der Waals surface area contributed by atoms with Crippen LogP contribution in [-0.2, 0) is 6.42 Å². The molecule has 2 N–H and O–H groups in total. The molecule has 1 aliphatic heterocycles. The van der Waals surface area contributed by atoms with Crippen LogP contribution in [0.25, 0.3) is 0 Å². The fraction of sp³-hybridized carbons (Fsp3) is 0.692. The summed E-state index contributed by atoms with van der Waals surface area (Å²) in [5, 5.41) is 2.24. The Morgan fingerprint density at radius 1 is 1.44 bits per heavy atom. The molecule has 0 amide bonds. The standard InChI is InChI=1S/C13H20N2S/c1-9-12-5-7-16-13(12)4-6-15(9)11-3-2-10(14)8-11/h5,7,9-11H,2-4,6,8,14H2,1H3. The summed E-state index contributed by atoms with van der Waals surface area (Å²) in [5.74, 6) is 0. The van der Waals surface area contributed by atoms with Crippen molar-refractivity contribution in [3.63, 3.8) is 0 Å². The van der Waals surface area contributed by atoms with Crippen molar-refractivity contribution in [3.05, 3.63) is 21.9 Å². The molecule has 1 saturated carbocycles. The molecule has 1 fully saturated rings. The Morgan fingerprint density at radius 3 is 3.06 bits per heavy atom. The van der Waals surface area contributed by atoms with Crippen molar-refractivity contribution < 1.29 is 0 Å². The van der Waals surface area contributed by atoms with E-state index in [-0.39, 0.29) is 0 Å². The maximum Gasteiger partial charge on any atom is 0.0333 e. The van der Waals surface area contributed by atoms with Crippen molar-refractivity contribution in [1.29, 1.82) is 0 Å². The molecule has 3 rings (SSSR count). The first kappa shape index (κ1) is 10.8. The topological polar surface area (TPSA) is 29.3 Å². The Hall–Kier alpha value is -0.380. The molecule has 0 radical (unpaired) electrons. The van der Waals surface area contributed by atoms with E-state index in [9.17, 15) is 0 Å². The van der Waals surface area contributed by atoms with Gasteiger partial charge in [0.25, 0.3) is 0 Å². The van der Waals surface area contributed by atoms with Gasteiger partial charge in [0.2, 0.25) is 0 Å². The Bertz CT molecular complexity index is 374. The molecule has 3 heteroatoms. The molecular weight excluding hydrogens is 216 g/mol. The van der Waals surface area contributed by atoms with E-state index in [1.807, 2.05) is 11.3 Å². The minimum atomic E-state index is 0.445. The fourth-order valence-corrected chi connectivity index (χ4v) is 4.28. The van der Waals surface area contributed by atoms with Gasteiger partial charge in [0.15, 0.2) is 0 Å². The monoisotopic (exact) mass is 236 g/mol. The molecule has 0 aromatic carbocycles. The number of thiophene rings is 1. The average Bonchev–Trinajstić information content (AvgIpc) is 2.87. The highest BCUT2D eigenvalue weighted by molar-refractivity contribution is 7.10. The smallest absolute Gasteiger partial charge is 0.0333 e. The van der Waals surface area contributed by atoms with E-state index in [1.165, 1.54) is 32.2 Å². The Kier molecular flexibility index (Phi) is 2.78. The lowest BCUT2D eigenvalue weighted by Gasteiger charge is -2.38. The number of hydrogen-bond donors (Lipinski definition) is 1. The summed E-state index contributed by atoms with van der Waals surface area (Å²) in [7, 11) is 0. The lowest BCUT2D eigenvalue weighted by Crippen LogP contribution is -2.40. The zero-order valence-electron chi connectivity index (χ0n) is 9.86. The number of rotatable bonds is 1. The van der Waals surface area contributed by atoms with Crippen molar-refractivity contribution >= 4 is 11.3 Å². The SMILES string of the molecule is CC1c2ccsc2CCN1C1CCC(N)C1. The van der Waals surface area contributed by atoms with Crippen LogP contribution in [-0.4, -0.2) is 23.5 Å². The second kappa shape index (κ2) is 4.13. The van der Waals surface area contributed by atoms with Crippen LogP contribution in [0.4, 0.5) is 0 Å². The van der Waals surface area contributed by atoms with Gasteiger partial charge < -0.3 is 5.73 Å². The predicted octanol–water partition coefficient (Wildman–Crippen LogP) is 2.55. The van der Waals surface area contributed by atoms with Gasteiger partial charge in [-0.1, -0.05) is 0 Å². The normalized spacial score (nSPS) is 35.2. The lowest BCUT2D eigenvalue weighted by atomic mass is 9.98. The molecule has 3 unspecified atom stereocenters. The van der Waals surface area contributed by atoms with Crippen LogP contribution in [0.15, 0.2) is 11.4 Å². The first-order chi connectivity index (χ1) is 7.75. The van der Waals surface area contributed by atoms with E-state index >= 15 is 0 Å². The van der Waals surface area contributed by atoms with Gasteiger partial charge in [-0.3, -0.25) is 4.90 Å². The van der Waals surface area contributed by atoms with Gasteiger partial charge in [-0.15, -0.1) is 11.3 Å². The van der Waals surface area contributed by atoms with Gasteiger partial charge in [-0.05, 0) is 49.6 Å². The molecular formula is C13H20N2S. The number of fused-ring (bicyclic) bond motifs is 1. The molecule has 16 heavy (non-hydrogen) atoms. The molecule has 1 aromatic heterocycles. The van der Waals surface area contributed by atoms with Crippen LogP contribution in [0.5, 0.6) is 0 Å². The number of nitrogens with zero attached hydrogens (tertiary/aromatic N) is 1. The average molecular weight is 236 g/mol. The zero-order chi connectivity index (χ0) is 11.1. The first-order valence-corrected chi connectivity index (χ1v) is 7.21. The molecule has 3 atom stereocenters. The summed E-state index contributed by atoms with van der Waals surface area (Å²) in [6, 6.07) is 4.09. The van der Waals surface area contributed by atoms with Crippen molar-refractivity contribution in [2.75, 3.05) is 6.54 Å². The quantitative estimate of drug-likeness (QED) is 0.812. The second-order valence-corrected chi connectivity index (χ2v) is 6.19. The van der Waals surface area contributed by atoms with Gasteiger partial charge in [0.05, 0.1) is 0 Å². The molecule has 2 nitrogen and oxygen atoms in total. The minimum absolute atomic E-state index is 0.445. The first-order valence-electron chi connectivity index (χ1n) is 6.33. The van der Waals surface area contributed by atoms with Gasteiger partial charge in [0, 0.05) is 29.5 Å². The maximum absolute atomic E-state index is 6.03. The zero-order valence-corrected chi connectivity index (χ0v) is 10.7. The summed E-state index contributed by atoms with van der Waals surface area (Å²) >= 11 is 1.92. The van der Waals surface area contributed by atoms with Crippen molar-refractivity contribution in [2.45, 2.75) is 50.7 Å². The highest BCUT2D eigenvalue weighted by Gasteiger charge is 2.33. The van der Waals surface area contributed by atoms with Crippen molar-refractivity contribution in [3.8, 4) is 0 Å². The van der Waals surface area contributed by atoms with E-state index in [4.69, 9.17) is 5.73 Å². The molecule has 1 aromatic rings.